The van der Waals surface area contributed by atoms with Gasteiger partial charge in [0, 0.05) is 18.8 Å². The van der Waals surface area contributed by atoms with Gasteiger partial charge in [-0.15, -0.1) is 0 Å². The van der Waals surface area contributed by atoms with Crippen LogP contribution in [-0.4, -0.2) is 32.8 Å². The summed E-state index contributed by atoms with van der Waals surface area (Å²) in [4.78, 5) is 16.1. The SMILES string of the molecule is COc1ccc(CNc2c(C(=O)NO)cnc3cc(C)nn23)cc1. The van der Waals surface area contributed by atoms with Crippen LogP contribution in [0.3, 0.4) is 0 Å². The number of aryl methyl sites for hydroxylation is 1. The second-order valence-corrected chi connectivity index (χ2v) is 5.22. The summed E-state index contributed by atoms with van der Waals surface area (Å²) in [6, 6.07) is 9.37. The van der Waals surface area contributed by atoms with Crippen molar-refractivity contribution in [2.24, 2.45) is 0 Å². The minimum atomic E-state index is -0.658. The molecule has 0 aliphatic carbocycles. The molecule has 1 amide bonds. The Bertz CT molecular complexity index is 873. The first kappa shape index (κ1) is 15.8. The number of ether oxygens (including phenoxy) is 1. The van der Waals surface area contributed by atoms with Crippen molar-refractivity contribution in [3.05, 3.63) is 53.3 Å². The molecule has 3 N–H and O–H groups in total. The van der Waals surface area contributed by atoms with E-state index >= 15 is 0 Å². The van der Waals surface area contributed by atoms with E-state index in [0.29, 0.717) is 18.0 Å². The number of amides is 1. The molecule has 3 aromatic rings. The average molecular weight is 327 g/mol. The second-order valence-electron chi connectivity index (χ2n) is 5.22. The van der Waals surface area contributed by atoms with Gasteiger partial charge in [-0.25, -0.2) is 10.5 Å². The lowest BCUT2D eigenvalue weighted by molar-refractivity contribution is 0.0706. The Hall–Kier alpha value is -3.13. The number of aromatic nitrogens is 3. The van der Waals surface area contributed by atoms with Crippen LogP contribution in [0.25, 0.3) is 5.65 Å². The predicted octanol–water partition coefficient (Wildman–Crippen LogP) is 1.78. The van der Waals surface area contributed by atoms with Crippen LogP contribution >= 0.6 is 0 Å². The van der Waals surface area contributed by atoms with Crippen molar-refractivity contribution >= 4 is 17.4 Å². The van der Waals surface area contributed by atoms with Gasteiger partial charge in [-0.3, -0.25) is 10.0 Å². The fraction of sp³-hybridized carbons (Fsp3) is 0.188. The highest BCUT2D eigenvalue weighted by Gasteiger charge is 2.16. The number of hydroxylamine groups is 1. The molecular formula is C16H17N5O3. The zero-order chi connectivity index (χ0) is 17.1. The lowest BCUT2D eigenvalue weighted by atomic mass is 10.2. The number of nitrogens with one attached hydrogen (secondary N) is 2. The van der Waals surface area contributed by atoms with E-state index in [2.05, 4.69) is 15.4 Å². The van der Waals surface area contributed by atoms with Crippen LogP contribution in [0, 0.1) is 6.92 Å². The molecule has 0 fully saturated rings. The first-order chi connectivity index (χ1) is 11.6. The van der Waals surface area contributed by atoms with Gasteiger partial charge in [-0.2, -0.15) is 9.61 Å². The number of carbonyl (C=O) groups is 1. The Morgan fingerprint density at radius 1 is 1.33 bits per heavy atom. The smallest absolute Gasteiger partial charge is 0.279 e. The van der Waals surface area contributed by atoms with Crippen LogP contribution in [0.15, 0.2) is 36.5 Å². The standard InChI is InChI=1S/C16H17N5O3/c1-10-7-14-17-9-13(16(22)20-23)15(21(14)19-10)18-8-11-3-5-12(24-2)6-4-11/h3-7,9,18,23H,8H2,1-2H3,(H,20,22). The minimum Gasteiger partial charge on any atom is -0.497 e. The molecular weight excluding hydrogens is 310 g/mol. The second kappa shape index (κ2) is 6.55. The quantitative estimate of drug-likeness (QED) is 0.488. The molecule has 0 unspecified atom stereocenters. The number of rotatable bonds is 5. The summed E-state index contributed by atoms with van der Waals surface area (Å²) < 4.78 is 6.68. The molecule has 2 aromatic heterocycles. The third kappa shape index (κ3) is 2.99. The Labute approximate surface area is 138 Å². The van der Waals surface area contributed by atoms with Crippen molar-refractivity contribution in [1.82, 2.24) is 20.1 Å². The number of benzene rings is 1. The lowest BCUT2D eigenvalue weighted by Crippen LogP contribution is -2.22. The molecule has 8 heteroatoms. The van der Waals surface area contributed by atoms with E-state index in [0.717, 1.165) is 17.0 Å². The van der Waals surface area contributed by atoms with E-state index < -0.39 is 5.91 Å². The normalized spacial score (nSPS) is 10.6. The summed E-state index contributed by atoms with van der Waals surface area (Å²) in [5.41, 5.74) is 4.21. The number of hydrogen-bond donors (Lipinski definition) is 3. The van der Waals surface area contributed by atoms with Crippen molar-refractivity contribution in [2.75, 3.05) is 12.4 Å². The molecule has 0 spiro atoms. The maximum absolute atomic E-state index is 11.9. The molecule has 1 aromatic carbocycles. The Balaban J connectivity index is 1.94. The van der Waals surface area contributed by atoms with Crippen molar-refractivity contribution in [3.8, 4) is 5.75 Å². The van der Waals surface area contributed by atoms with Crippen LogP contribution < -0.4 is 15.5 Å². The maximum atomic E-state index is 11.9. The summed E-state index contributed by atoms with van der Waals surface area (Å²) in [6.45, 7) is 2.31. The summed E-state index contributed by atoms with van der Waals surface area (Å²) >= 11 is 0. The van der Waals surface area contributed by atoms with Gasteiger partial charge in [0.15, 0.2) is 5.65 Å². The van der Waals surface area contributed by atoms with E-state index in [1.165, 1.54) is 6.20 Å². The number of hydrogen-bond acceptors (Lipinski definition) is 6. The zero-order valence-electron chi connectivity index (χ0n) is 13.3. The molecule has 0 aliphatic heterocycles. The third-order valence-corrected chi connectivity index (χ3v) is 3.57. The van der Waals surface area contributed by atoms with Gasteiger partial charge in [-0.05, 0) is 24.6 Å². The van der Waals surface area contributed by atoms with E-state index in [9.17, 15) is 4.79 Å². The molecule has 8 nitrogen and oxygen atoms in total. The van der Waals surface area contributed by atoms with E-state index in [4.69, 9.17) is 9.94 Å². The van der Waals surface area contributed by atoms with Crippen molar-refractivity contribution in [1.29, 1.82) is 0 Å². The van der Waals surface area contributed by atoms with Crippen LogP contribution in [-0.2, 0) is 6.54 Å². The van der Waals surface area contributed by atoms with Gasteiger partial charge in [0.2, 0.25) is 0 Å². The fourth-order valence-corrected chi connectivity index (χ4v) is 2.37. The van der Waals surface area contributed by atoms with E-state index in [-0.39, 0.29) is 5.56 Å². The first-order valence-electron chi connectivity index (χ1n) is 7.29. The number of methoxy groups -OCH3 is 1. The summed E-state index contributed by atoms with van der Waals surface area (Å²) in [6.07, 6.45) is 1.40. The minimum absolute atomic E-state index is 0.196. The molecule has 2 heterocycles. The summed E-state index contributed by atoms with van der Waals surface area (Å²) in [7, 11) is 1.61. The molecule has 0 bridgehead atoms. The lowest BCUT2D eigenvalue weighted by Gasteiger charge is -2.12. The van der Waals surface area contributed by atoms with Crippen molar-refractivity contribution < 1.29 is 14.7 Å². The maximum Gasteiger partial charge on any atom is 0.279 e. The predicted molar refractivity (Wildman–Crippen MR) is 87.3 cm³/mol. The number of nitrogens with zero attached hydrogens (tertiary/aromatic N) is 3. The Kier molecular flexibility index (Phi) is 4.30. The van der Waals surface area contributed by atoms with Crippen LogP contribution in [0.4, 0.5) is 5.82 Å². The number of anilines is 1. The third-order valence-electron chi connectivity index (χ3n) is 3.57. The van der Waals surface area contributed by atoms with Gasteiger partial charge in [0.1, 0.15) is 17.1 Å². The van der Waals surface area contributed by atoms with Crippen molar-refractivity contribution in [2.45, 2.75) is 13.5 Å². The van der Waals surface area contributed by atoms with Gasteiger partial charge >= 0.3 is 0 Å². The molecule has 24 heavy (non-hydrogen) atoms. The monoisotopic (exact) mass is 327 g/mol. The van der Waals surface area contributed by atoms with Crippen LogP contribution in [0.2, 0.25) is 0 Å². The zero-order valence-corrected chi connectivity index (χ0v) is 13.3. The van der Waals surface area contributed by atoms with Crippen LogP contribution in [0.1, 0.15) is 21.6 Å². The Morgan fingerprint density at radius 3 is 2.75 bits per heavy atom. The number of carbonyl (C=O) groups excluding carboxylic acids is 1. The molecule has 0 atom stereocenters. The van der Waals surface area contributed by atoms with Crippen molar-refractivity contribution in [3.63, 3.8) is 0 Å². The molecule has 3 rings (SSSR count). The van der Waals surface area contributed by atoms with Crippen LogP contribution in [0.5, 0.6) is 5.75 Å². The molecule has 0 saturated carbocycles. The summed E-state index contributed by atoms with van der Waals surface area (Å²) in [5, 5.41) is 16.5. The largest absolute Gasteiger partial charge is 0.497 e. The number of fused-ring (bicyclic) bond motifs is 1. The molecule has 124 valence electrons. The first-order valence-corrected chi connectivity index (χ1v) is 7.29. The van der Waals surface area contributed by atoms with Gasteiger partial charge in [0.05, 0.1) is 12.8 Å². The highest BCUT2D eigenvalue weighted by atomic mass is 16.5. The average Bonchev–Trinajstić information content (AvgIpc) is 2.99. The van der Waals surface area contributed by atoms with E-state index in [1.807, 2.05) is 31.2 Å². The highest BCUT2D eigenvalue weighted by molar-refractivity contribution is 5.98. The van der Waals surface area contributed by atoms with Gasteiger partial charge in [-0.1, -0.05) is 12.1 Å². The highest BCUT2D eigenvalue weighted by Crippen LogP contribution is 2.19. The Morgan fingerprint density at radius 2 is 2.08 bits per heavy atom. The van der Waals surface area contributed by atoms with Gasteiger partial charge in [0.25, 0.3) is 5.91 Å². The fourth-order valence-electron chi connectivity index (χ4n) is 2.37. The molecule has 0 saturated heterocycles. The topological polar surface area (TPSA) is 101 Å². The van der Waals surface area contributed by atoms with E-state index in [1.54, 1.807) is 23.2 Å². The molecule has 0 radical (unpaired) electrons. The summed E-state index contributed by atoms with van der Waals surface area (Å²) in [5.74, 6) is 0.568. The van der Waals surface area contributed by atoms with Gasteiger partial charge < -0.3 is 10.1 Å². The molecule has 0 aliphatic rings.